The van der Waals surface area contributed by atoms with Gasteiger partial charge in [0.15, 0.2) is 5.13 Å². The van der Waals surface area contributed by atoms with Crippen molar-refractivity contribution in [3.05, 3.63) is 44.9 Å². The summed E-state index contributed by atoms with van der Waals surface area (Å²) in [5.41, 5.74) is 6.30. The molecule has 1 aromatic carbocycles. The first-order valence-electron chi connectivity index (χ1n) is 9.52. The molecule has 30 heavy (non-hydrogen) atoms. The molecule has 1 heterocycles. The molecule has 164 valence electrons. The van der Waals surface area contributed by atoms with Crippen molar-refractivity contribution < 1.29 is 9.59 Å². The van der Waals surface area contributed by atoms with E-state index in [0.29, 0.717) is 27.3 Å². The second kappa shape index (κ2) is 10.9. The van der Waals surface area contributed by atoms with E-state index in [1.165, 1.54) is 11.3 Å². The Labute approximate surface area is 190 Å². The number of likely N-dealkylation sites (N-methyl/N-ethyl adjacent to an activating group) is 1. The highest BCUT2D eigenvalue weighted by molar-refractivity contribution is 7.15. The number of amides is 2. The molecule has 0 unspecified atom stereocenters. The second-order valence-electron chi connectivity index (χ2n) is 7.29. The molecule has 0 radical (unpaired) electrons. The Hall–Kier alpha value is -1.87. The second-order valence-corrected chi connectivity index (χ2v) is 9.25. The molecule has 1 aromatic heterocycles. The number of nitrogens with two attached hydrogens (primary N) is 1. The summed E-state index contributed by atoms with van der Waals surface area (Å²) in [5.74, 6) is -1.03. The Morgan fingerprint density at radius 3 is 2.43 bits per heavy atom. The van der Waals surface area contributed by atoms with Gasteiger partial charge < -0.3 is 16.4 Å². The summed E-state index contributed by atoms with van der Waals surface area (Å²) in [4.78, 5) is 32.3. The summed E-state index contributed by atoms with van der Waals surface area (Å²) in [7, 11) is 1.89. The van der Waals surface area contributed by atoms with Crippen molar-refractivity contribution in [1.82, 2.24) is 20.5 Å². The monoisotopic (exact) mass is 471 g/mol. The molecule has 10 heteroatoms. The molecule has 0 aliphatic heterocycles. The number of nitrogens with zero attached hydrogens (tertiary/aromatic N) is 2. The predicted octanol–water partition coefficient (Wildman–Crippen LogP) is 3.28. The molecule has 0 saturated heterocycles. The van der Waals surface area contributed by atoms with Crippen LogP contribution in [0.1, 0.15) is 37.1 Å². The maximum absolute atomic E-state index is 12.9. The van der Waals surface area contributed by atoms with Gasteiger partial charge in [0.2, 0.25) is 11.8 Å². The highest BCUT2D eigenvalue weighted by atomic mass is 35.5. The van der Waals surface area contributed by atoms with Crippen LogP contribution in [0.15, 0.2) is 24.4 Å². The molecule has 0 saturated carbocycles. The average Bonchev–Trinajstić information content (AvgIpc) is 3.12. The average molecular weight is 472 g/mol. The van der Waals surface area contributed by atoms with Gasteiger partial charge in [-0.1, -0.05) is 29.3 Å². The van der Waals surface area contributed by atoms with Crippen LogP contribution >= 0.6 is 34.5 Å². The normalized spacial score (nSPS) is 13.3. The van der Waals surface area contributed by atoms with E-state index in [1.807, 2.05) is 32.7 Å². The maximum atomic E-state index is 12.9. The standard InChI is InChI=1S/C20H27Cl2N5O2S/c1-11(2)27(4)12(3)18(28)25-10-15(13-5-6-16(21)17(22)7-13)19(29)24-8-14-9-26-20(23)30-14/h5-7,9,11-12,15H,8,10H2,1-4H3,(H2,23,26)(H,24,29)(H,25,28)/t12-,15-/m0/s1. The van der Waals surface area contributed by atoms with E-state index in [0.717, 1.165) is 4.88 Å². The van der Waals surface area contributed by atoms with Crippen LogP contribution < -0.4 is 16.4 Å². The van der Waals surface area contributed by atoms with Gasteiger partial charge in [0.1, 0.15) is 0 Å². The smallest absolute Gasteiger partial charge is 0.237 e. The molecule has 4 N–H and O–H groups in total. The third kappa shape index (κ3) is 6.57. The topological polar surface area (TPSA) is 100 Å². The van der Waals surface area contributed by atoms with Gasteiger partial charge in [-0.3, -0.25) is 14.5 Å². The van der Waals surface area contributed by atoms with E-state index in [9.17, 15) is 9.59 Å². The van der Waals surface area contributed by atoms with Crippen molar-refractivity contribution in [3.63, 3.8) is 0 Å². The van der Waals surface area contributed by atoms with Crippen LogP contribution in [0.25, 0.3) is 0 Å². The van der Waals surface area contributed by atoms with Gasteiger partial charge in [-0.25, -0.2) is 4.98 Å². The number of benzene rings is 1. The Morgan fingerprint density at radius 1 is 1.17 bits per heavy atom. The van der Waals surface area contributed by atoms with Gasteiger partial charge in [0.25, 0.3) is 0 Å². The molecule has 0 aliphatic rings. The number of rotatable bonds is 9. The van der Waals surface area contributed by atoms with Crippen molar-refractivity contribution >= 4 is 51.5 Å². The highest BCUT2D eigenvalue weighted by Crippen LogP contribution is 2.27. The van der Waals surface area contributed by atoms with E-state index in [4.69, 9.17) is 28.9 Å². The Morgan fingerprint density at radius 2 is 1.87 bits per heavy atom. The van der Waals surface area contributed by atoms with Crippen molar-refractivity contribution in [1.29, 1.82) is 0 Å². The zero-order valence-corrected chi connectivity index (χ0v) is 19.7. The molecule has 7 nitrogen and oxygen atoms in total. The third-order valence-electron chi connectivity index (χ3n) is 4.96. The number of anilines is 1. The van der Waals surface area contributed by atoms with Crippen molar-refractivity contribution in [2.45, 2.75) is 45.3 Å². The number of hydrogen-bond donors (Lipinski definition) is 3. The van der Waals surface area contributed by atoms with E-state index >= 15 is 0 Å². The molecule has 2 amide bonds. The lowest BCUT2D eigenvalue weighted by atomic mass is 9.97. The van der Waals surface area contributed by atoms with Gasteiger partial charge in [-0.15, -0.1) is 11.3 Å². The Balaban J connectivity index is 2.13. The van der Waals surface area contributed by atoms with Gasteiger partial charge >= 0.3 is 0 Å². The number of halogens is 2. The molecule has 2 atom stereocenters. The molecular formula is C20H27Cl2N5O2S. The first-order valence-corrected chi connectivity index (χ1v) is 11.1. The third-order valence-corrected chi connectivity index (χ3v) is 6.52. The fraction of sp³-hybridized carbons (Fsp3) is 0.450. The predicted molar refractivity (Wildman–Crippen MR) is 123 cm³/mol. The van der Waals surface area contributed by atoms with Crippen LogP contribution in [0.5, 0.6) is 0 Å². The number of aromatic nitrogens is 1. The Kier molecular flexibility index (Phi) is 8.91. The summed E-state index contributed by atoms with van der Waals surface area (Å²) in [5, 5.41) is 6.95. The molecule has 2 rings (SSSR count). The fourth-order valence-electron chi connectivity index (χ4n) is 2.78. The number of hydrogen-bond acceptors (Lipinski definition) is 6. The summed E-state index contributed by atoms with van der Waals surface area (Å²) >= 11 is 13.5. The van der Waals surface area contributed by atoms with Gasteiger partial charge in [-0.05, 0) is 45.5 Å². The van der Waals surface area contributed by atoms with E-state index in [2.05, 4.69) is 15.6 Å². The molecule has 0 bridgehead atoms. The van der Waals surface area contributed by atoms with Crippen molar-refractivity contribution in [3.8, 4) is 0 Å². The molecule has 0 aliphatic carbocycles. The van der Waals surface area contributed by atoms with Crippen LogP contribution in [0.2, 0.25) is 10.0 Å². The lowest BCUT2D eigenvalue weighted by Crippen LogP contribution is -2.47. The maximum Gasteiger partial charge on any atom is 0.237 e. The first kappa shape index (κ1) is 24.4. The summed E-state index contributed by atoms with van der Waals surface area (Å²) in [6.07, 6.45) is 1.62. The summed E-state index contributed by atoms with van der Waals surface area (Å²) in [6, 6.07) is 4.91. The largest absolute Gasteiger partial charge is 0.375 e. The Bertz CT molecular complexity index is 890. The molecule has 0 spiro atoms. The minimum absolute atomic E-state index is 0.129. The minimum atomic E-state index is -0.634. The zero-order chi connectivity index (χ0) is 22.4. The van der Waals surface area contributed by atoms with E-state index in [-0.39, 0.29) is 30.4 Å². The van der Waals surface area contributed by atoms with Crippen LogP contribution in [-0.4, -0.2) is 47.4 Å². The summed E-state index contributed by atoms with van der Waals surface area (Å²) < 4.78 is 0. The quantitative estimate of drug-likeness (QED) is 0.520. The minimum Gasteiger partial charge on any atom is -0.375 e. The van der Waals surface area contributed by atoms with Crippen LogP contribution in [0.3, 0.4) is 0 Å². The molecule has 2 aromatic rings. The van der Waals surface area contributed by atoms with Crippen LogP contribution in [0.4, 0.5) is 5.13 Å². The lowest BCUT2D eigenvalue weighted by Gasteiger charge is -2.28. The molecule has 0 fully saturated rings. The van der Waals surface area contributed by atoms with E-state index < -0.39 is 5.92 Å². The number of thiazole rings is 1. The van der Waals surface area contributed by atoms with Crippen molar-refractivity contribution in [2.75, 3.05) is 19.3 Å². The number of nitrogens with one attached hydrogen (secondary N) is 2. The van der Waals surface area contributed by atoms with Crippen molar-refractivity contribution in [2.24, 2.45) is 0 Å². The van der Waals surface area contributed by atoms with Gasteiger partial charge in [0, 0.05) is 23.7 Å². The molecular weight excluding hydrogens is 445 g/mol. The van der Waals surface area contributed by atoms with Crippen LogP contribution in [0, 0.1) is 0 Å². The van der Waals surface area contributed by atoms with Gasteiger partial charge in [-0.2, -0.15) is 0 Å². The van der Waals surface area contributed by atoms with Crippen LogP contribution in [-0.2, 0) is 16.1 Å². The fourth-order valence-corrected chi connectivity index (χ4v) is 3.71. The summed E-state index contributed by atoms with van der Waals surface area (Å²) in [6.45, 7) is 6.29. The highest BCUT2D eigenvalue weighted by Gasteiger charge is 2.25. The zero-order valence-electron chi connectivity index (χ0n) is 17.4. The number of nitrogen functional groups attached to an aromatic ring is 1. The SMILES string of the molecule is CC(C)N(C)[C@@H](C)C(=O)NC[C@H](C(=O)NCc1cnc(N)s1)c1ccc(Cl)c(Cl)c1. The van der Waals surface area contributed by atoms with Gasteiger partial charge in [0.05, 0.1) is 28.5 Å². The van der Waals surface area contributed by atoms with E-state index in [1.54, 1.807) is 24.4 Å². The number of carbonyl (C=O) groups excluding carboxylic acids is 2. The number of carbonyl (C=O) groups is 2. The lowest BCUT2D eigenvalue weighted by molar-refractivity contribution is -0.126. The first-order chi connectivity index (χ1) is 14.1.